The summed E-state index contributed by atoms with van der Waals surface area (Å²) in [6.07, 6.45) is 4.39. The predicted molar refractivity (Wildman–Crippen MR) is 69.3 cm³/mol. The van der Waals surface area contributed by atoms with E-state index in [1.54, 1.807) is 0 Å². The van der Waals surface area contributed by atoms with Gasteiger partial charge >= 0.3 is 0 Å². The minimum Gasteiger partial charge on any atom is -0.374 e. The maximum Gasteiger partial charge on any atom is 0.116 e. The number of piperidine rings is 1. The summed E-state index contributed by atoms with van der Waals surface area (Å²) >= 11 is 1.97. The monoisotopic (exact) mass is 259 g/mol. The third kappa shape index (κ3) is 2.36. The zero-order valence-corrected chi connectivity index (χ0v) is 11.2. The number of hydrogen-bond acceptors (Lipinski definition) is 3. The van der Waals surface area contributed by atoms with Gasteiger partial charge in [0.05, 0.1) is 5.60 Å². The second-order valence-electron chi connectivity index (χ2n) is 5.81. The Bertz CT molecular complexity index is 275. The highest BCUT2D eigenvalue weighted by Crippen LogP contribution is 2.46. The fourth-order valence-electron chi connectivity index (χ4n) is 3.58. The lowest BCUT2D eigenvalue weighted by Crippen LogP contribution is -2.50. The predicted octanol–water partition coefficient (Wildman–Crippen LogP) is 2.38. The largest absolute Gasteiger partial charge is 0.374 e. The summed E-state index contributed by atoms with van der Waals surface area (Å²) in [5, 5.41) is 3.26. The Kier molecular flexibility index (Phi) is 3.39. The van der Waals surface area contributed by atoms with Crippen LogP contribution in [0.5, 0.6) is 0 Å². The van der Waals surface area contributed by atoms with E-state index in [0.29, 0.717) is 12.8 Å². The lowest BCUT2D eigenvalue weighted by molar-refractivity contribution is -0.116. The molecule has 0 aromatic heterocycles. The molecule has 17 heavy (non-hydrogen) atoms. The highest BCUT2D eigenvalue weighted by atomic mass is 32.2. The van der Waals surface area contributed by atoms with Crippen molar-refractivity contribution in [1.29, 1.82) is 0 Å². The average Bonchev–Trinajstić information content (AvgIpc) is 2.78. The lowest BCUT2D eigenvalue weighted by Gasteiger charge is -2.45. The molecule has 3 fully saturated rings. The standard InChI is InChI=1S/C13H22FNOS/c14-13(2-5-15-6-3-13)11-1-7-16-12(9-11)4-8-17-10-12/h11,15H,1-10H2. The van der Waals surface area contributed by atoms with Gasteiger partial charge in [-0.3, -0.25) is 0 Å². The molecule has 1 spiro atoms. The second-order valence-corrected chi connectivity index (χ2v) is 6.91. The molecule has 1 N–H and O–H groups in total. The van der Waals surface area contributed by atoms with Crippen LogP contribution in [0, 0.1) is 5.92 Å². The maximum absolute atomic E-state index is 15.0. The number of thioether (sulfide) groups is 1. The summed E-state index contributed by atoms with van der Waals surface area (Å²) in [6.45, 7) is 2.45. The number of rotatable bonds is 1. The van der Waals surface area contributed by atoms with Crippen LogP contribution < -0.4 is 5.32 Å². The van der Waals surface area contributed by atoms with Gasteiger partial charge in [-0.25, -0.2) is 4.39 Å². The maximum atomic E-state index is 15.0. The van der Waals surface area contributed by atoms with Crippen molar-refractivity contribution in [1.82, 2.24) is 5.32 Å². The molecule has 3 aliphatic rings. The van der Waals surface area contributed by atoms with Crippen LogP contribution >= 0.6 is 11.8 Å². The quantitative estimate of drug-likeness (QED) is 0.781. The summed E-state index contributed by atoms with van der Waals surface area (Å²) in [7, 11) is 0. The number of alkyl halides is 1. The topological polar surface area (TPSA) is 21.3 Å². The fraction of sp³-hybridized carbons (Fsp3) is 1.00. The molecule has 0 saturated carbocycles. The first kappa shape index (κ1) is 12.2. The zero-order chi connectivity index (χ0) is 11.8. The summed E-state index contributed by atoms with van der Waals surface area (Å²) in [5.74, 6) is 2.50. The summed E-state index contributed by atoms with van der Waals surface area (Å²) in [5.41, 5.74) is -0.896. The lowest BCUT2D eigenvalue weighted by atomic mass is 9.72. The van der Waals surface area contributed by atoms with Crippen LogP contribution in [-0.2, 0) is 4.74 Å². The van der Waals surface area contributed by atoms with E-state index in [0.717, 1.165) is 44.7 Å². The van der Waals surface area contributed by atoms with Gasteiger partial charge < -0.3 is 10.1 Å². The molecule has 3 saturated heterocycles. The van der Waals surface area contributed by atoms with Crippen molar-refractivity contribution in [3.05, 3.63) is 0 Å². The van der Waals surface area contributed by atoms with Gasteiger partial charge in [0.2, 0.25) is 0 Å². The molecule has 4 heteroatoms. The van der Waals surface area contributed by atoms with Crippen LogP contribution in [0.4, 0.5) is 4.39 Å². The van der Waals surface area contributed by atoms with Crippen LogP contribution in [0.1, 0.15) is 32.1 Å². The first-order valence-corrected chi connectivity index (χ1v) is 7.99. The fourth-order valence-corrected chi connectivity index (χ4v) is 4.96. The average molecular weight is 259 g/mol. The highest BCUT2D eigenvalue weighted by molar-refractivity contribution is 7.99. The molecule has 2 unspecified atom stereocenters. The molecular weight excluding hydrogens is 237 g/mol. The zero-order valence-electron chi connectivity index (χ0n) is 10.3. The summed E-state index contributed by atoms with van der Waals surface area (Å²) in [4.78, 5) is 0. The Morgan fingerprint density at radius 1 is 1.24 bits per heavy atom. The number of hydrogen-bond donors (Lipinski definition) is 1. The van der Waals surface area contributed by atoms with Crippen molar-refractivity contribution in [3.63, 3.8) is 0 Å². The normalized spacial score (nSPS) is 41.8. The van der Waals surface area contributed by atoms with Gasteiger partial charge in [-0.05, 0) is 56.9 Å². The molecular formula is C13H22FNOS. The van der Waals surface area contributed by atoms with Crippen LogP contribution in [0.3, 0.4) is 0 Å². The van der Waals surface area contributed by atoms with Crippen LogP contribution in [-0.4, -0.2) is 42.5 Å². The van der Waals surface area contributed by atoms with Crippen molar-refractivity contribution in [3.8, 4) is 0 Å². The minimum absolute atomic E-state index is 0.0253. The molecule has 2 atom stereocenters. The Labute approximate surface area is 107 Å². The van der Waals surface area contributed by atoms with Crippen LogP contribution in [0.15, 0.2) is 0 Å². The summed E-state index contributed by atoms with van der Waals surface area (Å²) < 4.78 is 21.0. The van der Waals surface area contributed by atoms with E-state index >= 15 is 0 Å². The van der Waals surface area contributed by atoms with Crippen molar-refractivity contribution in [2.45, 2.75) is 43.4 Å². The molecule has 3 rings (SSSR count). The molecule has 3 aliphatic heterocycles. The molecule has 0 radical (unpaired) electrons. The molecule has 0 aromatic carbocycles. The van der Waals surface area contributed by atoms with Crippen molar-refractivity contribution in [2.75, 3.05) is 31.2 Å². The highest BCUT2D eigenvalue weighted by Gasteiger charge is 2.48. The third-order valence-corrected chi connectivity index (χ3v) is 5.95. The number of halogens is 1. The molecule has 0 bridgehead atoms. The van der Waals surface area contributed by atoms with Crippen LogP contribution in [0.25, 0.3) is 0 Å². The molecule has 98 valence electrons. The Balaban J connectivity index is 1.70. The van der Waals surface area contributed by atoms with Gasteiger partial charge in [0.25, 0.3) is 0 Å². The number of nitrogens with one attached hydrogen (secondary N) is 1. The molecule has 0 amide bonds. The van der Waals surface area contributed by atoms with E-state index in [4.69, 9.17) is 4.74 Å². The van der Waals surface area contributed by atoms with Gasteiger partial charge in [-0.2, -0.15) is 11.8 Å². The Hall–Kier alpha value is 0.200. The van der Waals surface area contributed by atoms with E-state index in [2.05, 4.69) is 5.32 Å². The first-order chi connectivity index (χ1) is 8.23. The Morgan fingerprint density at radius 3 is 2.76 bits per heavy atom. The van der Waals surface area contributed by atoms with E-state index in [1.165, 1.54) is 5.75 Å². The van der Waals surface area contributed by atoms with Gasteiger partial charge in [0, 0.05) is 12.4 Å². The van der Waals surface area contributed by atoms with E-state index in [-0.39, 0.29) is 11.5 Å². The van der Waals surface area contributed by atoms with E-state index < -0.39 is 5.67 Å². The smallest absolute Gasteiger partial charge is 0.116 e. The van der Waals surface area contributed by atoms with Crippen molar-refractivity contribution >= 4 is 11.8 Å². The van der Waals surface area contributed by atoms with Gasteiger partial charge in [-0.1, -0.05) is 0 Å². The molecule has 3 heterocycles. The first-order valence-electron chi connectivity index (χ1n) is 6.84. The van der Waals surface area contributed by atoms with E-state index in [1.807, 2.05) is 11.8 Å². The van der Waals surface area contributed by atoms with Crippen molar-refractivity contribution < 1.29 is 9.13 Å². The van der Waals surface area contributed by atoms with E-state index in [9.17, 15) is 4.39 Å². The van der Waals surface area contributed by atoms with Gasteiger partial charge in [-0.15, -0.1) is 0 Å². The summed E-state index contributed by atoms with van der Waals surface area (Å²) in [6, 6.07) is 0. The molecule has 0 aliphatic carbocycles. The SMILES string of the molecule is FC1(C2CCOC3(CCSC3)C2)CCNCC1. The molecule has 0 aromatic rings. The van der Waals surface area contributed by atoms with Crippen LogP contribution in [0.2, 0.25) is 0 Å². The number of ether oxygens (including phenoxy) is 1. The Morgan fingerprint density at radius 2 is 2.06 bits per heavy atom. The third-order valence-electron chi connectivity index (χ3n) is 4.73. The minimum atomic E-state index is -0.921. The van der Waals surface area contributed by atoms with Crippen molar-refractivity contribution in [2.24, 2.45) is 5.92 Å². The van der Waals surface area contributed by atoms with Gasteiger partial charge in [0.15, 0.2) is 0 Å². The molecule has 2 nitrogen and oxygen atoms in total. The second kappa shape index (κ2) is 4.71. The van der Waals surface area contributed by atoms with Gasteiger partial charge in [0.1, 0.15) is 5.67 Å².